The molecule has 2 atom stereocenters. The number of hydrogen-bond donors (Lipinski definition) is 0. The third-order valence-electron chi connectivity index (χ3n) is 16.8. The summed E-state index contributed by atoms with van der Waals surface area (Å²) in [4.78, 5) is 38.1. The lowest BCUT2D eigenvalue weighted by Gasteiger charge is -2.28. The van der Waals surface area contributed by atoms with Gasteiger partial charge in [-0.3, -0.25) is 14.2 Å². The van der Waals surface area contributed by atoms with Gasteiger partial charge in [-0.15, -0.1) is 0 Å². The van der Waals surface area contributed by atoms with Gasteiger partial charge in [0, 0.05) is 12.8 Å². The maximum absolute atomic E-state index is 12.9. The minimum Gasteiger partial charge on any atom is -0.756 e. The van der Waals surface area contributed by atoms with Gasteiger partial charge in [0.15, 0.2) is 6.10 Å². The first-order valence-corrected chi connectivity index (χ1v) is 38.8. The fourth-order valence-corrected chi connectivity index (χ4v) is 11.8. The SMILES string of the molecule is CCCCCCC/C=C\C/C=C\C/C=C\CCCCCCCCCCCCCCCCC(=O)OC(COC(=O)CCCCCCCCCCCCCCCCCCCCCCC/C=C\CCCCCCCCCC)COP(=O)([O-])OCC[N+](C)(C)C. The predicted molar refractivity (Wildman–Crippen MR) is 370 cm³/mol. The molecule has 0 saturated carbocycles. The summed E-state index contributed by atoms with van der Waals surface area (Å²) in [6, 6.07) is 0. The Morgan fingerprint density at radius 1 is 0.360 bits per heavy atom. The molecular weight excluding hydrogens is 1090 g/mol. The Kier molecular flexibility index (Phi) is 65.8. The number of carbonyl (C=O) groups is 2. The predicted octanol–water partition coefficient (Wildman–Crippen LogP) is 23.8. The number of phosphoric acid groups is 1. The number of hydrogen-bond acceptors (Lipinski definition) is 8. The summed E-state index contributed by atoms with van der Waals surface area (Å²) < 4.78 is 34.4. The lowest BCUT2D eigenvalue weighted by molar-refractivity contribution is -0.870. The second-order valence-electron chi connectivity index (χ2n) is 26.7. The van der Waals surface area contributed by atoms with Crippen LogP contribution < -0.4 is 4.89 Å². The molecule has 0 fully saturated rings. The van der Waals surface area contributed by atoms with Crippen molar-refractivity contribution in [2.24, 2.45) is 0 Å². The molecule has 2 unspecified atom stereocenters. The van der Waals surface area contributed by atoms with Crippen LogP contribution in [0.15, 0.2) is 48.6 Å². The number of likely N-dealkylation sites (N-methyl/N-ethyl adjacent to an activating group) is 1. The Balaban J connectivity index is 3.97. The molecule has 0 heterocycles. The summed E-state index contributed by atoms with van der Waals surface area (Å²) in [5, 5.41) is 0. The van der Waals surface area contributed by atoms with Gasteiger partial charge in [0.2, 0.25) is 0 Å². The minimum atomic E-state index is -4.64. The lowest BCUT2D eigenvalue weighted by Crippen LogP contribution is -2.37. The minimum absolute atomic E-state index is 0.0293. The van der Waals surface area contributed by atoms with E-state index < -0.39 is 26.5 Å². The van der Waals surface area contributed by atoms with Gasteiger partial charge in [-0.2, -0.15) is 0 Å². The van der Waals surface area contributed by atoms with Crippen molar-refractivity contribution in [2.45, 2.75) is 380 Å². The normalized spacial score (nSPS) is 13.3. The molecule has 0 aromatic rings. The van der Waals surface area contributed by atoms with E-state index >= 15 is 0 Å². The van der Waals surface area contributed by atoms with E-state index in [9.17, 15) is 19.0 Å². The maximum Gasteiger partial charge on any atom is 0.306 e. The monoisotopic (exact) mass is 1230 g/mol. The summed E-state index contributed by atoms with van der Waals surface area (Å²) in [6.45, 7) is 4.29. The molecule has 0 aliphatic carbocycles. The fraction of sp³-hybridized carbons (Fsp3) is 0.868. The fourth-order valence-electron chi connectivity index (χ4n) is 11.1. The third kappa shape index (κ3) is 71.1. The molecule has 0 spiro atoms. The smallest absolute Gasteiger partial charge is 0.306 e. The largest absolute Gasteiger partial charge is 0.756 e. The van der Waals surface area contributed by atoms with E-state index in [1.165, 1.54) is 289 Å². The number of nitrogens with zero attached hydrogens (tertiary/aromatic N) is 1. The summed E-state index contributed by atoms with van der Waals surface area (Å²) in [7, 11) is 1.18. The van der Waals surface area contributed by atoms with Gasteiger partial charge in [-0.1, -0.05) is 332 Å². The lowest BCUT2D eigenvalue weighted by atomic mass is 10.0. The van der Waals surface area contributed by atoms with Gasteiger partial charge < -0.3 is 27.9 Å². The van der Waals surface area contributed by atoms with Crippen molar-refractivity contribution in [3.8, 4) is 0 Å². The highest BCUT2D eigenvalue weighted by molar-refractivity contribution is 7.45. The summed E-state index contributed by atoms with van der Waals surface area (Å²) in [5.74, 6) is -0.815. The van der Waals surface area contributed by atoms with Crippen LogP contribution in [-0.4, -0.2) is 70.0 Å². The van der Waals surface area contributed by atoms with Crippen LogP contribution in [0.25, 0.3) is 0 Å². The molecule has 9 nitrogen and oxygen atoms in total. The Hall–Kier alpha value is -2.03. The number of rotatable bonds is 70. The average molecular weight is 1230 g/mol. The molecule has 0 aromatic heterocycles. The molecule has 0 N–H and O–H groups in total. The van der Waals surface area contributed by atoms with Gasteiger partial charge >= 0.3 is 11.9 Å². The topological polar surface area (TPSA) is 111 Å². The zero-order valence-corrected chi connectivity index (χ0v) is 58.7. The highest BCUT2D eigenvalue weighted by atomic mass is 31.2. The Morgan fingerprint density at radius 3 is 0.942 bits per heavy atom. The maximum atomic E-state index is 12.9. The van der Waals surface area contributed by atoms with Crippen LogP contribution in [0.1, 0.15) is 373 Å². The van der Waals surface area contributed by atoms with E-state index in [0.717, 1.165) is 51.4 Å². The van der Waals surface area contributed by atoms with Crippen LogP contribution in [0.4, 0.5) is 0 Å². The molecule has 0 bridgehead atoms. The average Bonchev–Trinajstić information content (AvgIpc) is 3.67. The van der Waals surface area contributed by atoms with Crippen LogP contribution in [0.2, 0.25) is 0 Å². The highest BCUT2D eigenvalue weighted by Gasteiger charge is 2.22. The van der Waals surface area contributed by atoms with E-state index in [1.54, 1.807) is 0 Å². The summed E-state index contributed by atoms with van der Waals surface area (Å²) in [5.41, 5.74) is 0. The highest BCUT2D eigenvalue weighted by Crippen LogP contribution is 2.38. The standard InChI is InChI=1S/C76H144NO8P/c1-6-8-10-12-14-16-18-20-22-24-26-28-30-32-34-36-37-38-39-41-42-44-46-48-50-52-54-56-58-60-62-64-66-68-75(78)82-72-74(73-84-86(80,81)83-71-70-77(3,4)5)85-76(79)69-67-65-63-61-59-57-55-53-51-49-47-45-43-40-35-33-31-29-27-25-23-21-19-17-15-13-11-9-7-2/h19,21,24-27,31,33,74H,6-18,20,22-23,28-30,32,34-73H2,1-5H3/b21-19-,26-24-,27-25-,33-31-. The summed E-state index contributed by atoms with van der Waals surface area (Å²) in [6.07, 6.45) is 87.8. The van der Waals surface area contributed by atoms with Crippen molar-refractivity contribution in [1.82, 2.24) is 0 Å². The zero-order chi connectivity index (χ0) is 62.6. The molecular formula is C76H144NO8P. The number of allylic oxidation sites excluding steroid dienone is 8. The second kappa shape index (κ2) is 67.4. The first-order valence-electron chi connectivity index (χ1n) is 37.3. The number of esters is 2. The van der Waals surface area contributed by atoms with E-state index in [4.69, 9.17) is 18.5 Å². The number of quaternary nitrogens is 1. The number of ether oxygens (including phenoxy) is 2. The molecule has 0 saturated heterocycles. The van der Waals surface area contributed by atoms with Crippen LogP contribution in [0.5, 0.6) is 0 Å². The van der Waals surface area contributed by atoms with Crippen molar-refractivity contribution >= 4 is 19.8 Å². The molecule has 0 aromatic carbocycles. The molecule has 0 amide bonds. The van der Waals surface area contributed by atoms with Gasteiger partial charge in [-0.05, 0) is 77.0 Å². The Bertz CT molecular complexity index is 1590. The first kappa shape index (κ1) is 84.0. The zero-order valence-electron chi connectivity index (χ0n) is 57.8. The first-order chi connectivity index (χ1) is 42.0. The Labute approximate surface area is 534 Å². The van der Waals surface area contributed by atoms with Gasteiger partial charge in [0.1, 0.15) is 19.8 Å². The van der Waals surface area contributed by atoms with Crippen LogP contribution in [0.3, 0.4) is 0 Å². The van der Waals surface area contributed by atoms with Crippen molar-refractivity contribution in [1.29, 1.82) is 0 Å². The Morgan fingerprint density at radius 2 is 0.628 bits per heavy atom. The van der Waals surface area contributed by atoms with Crippen LogP contribution in [-0.2, 0) is 32.7 Å². The van der Waals surface area contributed by atoms with Crippen molar-refractivity contribution in [3.05, 3.63) is 48.6 Å². The molecule has 10 heteroatoms. The molecule has 86 heavy (non-hydrogen) atoms. The van der Waals surface area contributed by atoms with E-state index in [1.807, 2.05) is 21.1 Å². The van der Waals surface area contributed by atoms with Crippen LogP contribution in [0, 0.1) is 0 Å². The van der Waals surface area contributed by atoms with E-state index in [2.05, 4.69) is 62.5 Å². The molecule has 0 rings (SSSR count). The third-order valence-corrected chi connectivity index (χ3v) is 17.8. The molecule has 0 aliphatic heterocycles. The summed E-state index contributed by atoms with van der Waals surface area (Å²) >= 11 is 0. The number of carbonyl (C=O) groups excluding carboxylic acids is 2. The molecule has 506 valence electrons. The number of unbranched alkanes of at least 4 members (excludes halogenated alkanes) is 48. The van der Waals surface area contributed by atoms with Gasteiger partial charge in [0.25, 0.3) is 7.82 Å². The van der Waals surface area contributed by atoms with Crippen molar-refractivity contribution < 1.29 is 42.1 Å². The van der Waals surface area contributed by atoms with Crippen molar-refractivity contribution in [2.75, 3.05) is 47.5 Å². The van der Waals surface area contributed by atoms with E-state index in [0.29, 0.717) is 17.4 Å². The molecule has 0 aliphatic rings. The number of phosphoric ester groups is 1. The quantitative estimate of drug-likeness (QED) is 0.0195. The van der Waals surface area contributed by atoms with Gasteiger partial charge in [-0.25, -0.2) is 0 Å². The molecule has 0 radical (unpaired) electrons. The van der Waals surface area contributed by atoms with Crippen molar-refractivity contribution in [3.63, 3.8) is 0 Å². The van der Waals surface area contributed by atoms with Gasteiger partial charge in [0.05, 0.1) is 27.7 Å². The second-order valence-corrected chi connectivity index (χ2v) is 28.1. The van der Waals surface area contributed by atoms with Crippen LogP contribution >= 0.6 is 7.82 Å². The van der Waals surface area contributed by atoms with E-state index in [-0.39, 0.29) is 32.0 Å².